The largest absolute Gasteiger partial charge is 0.477 e. The molecular formula is C12H11ClN2O2S. The van der Waals surface area contributed by atoms with Gasteiger partial charge in [0, 0.05) is 18.6 Å². The zero-order valence-electron chi connectivity index (χ0n) is 9.63. The molecule has 0 amide bonds. The molecule has 0 spiro atoms. The molecule has 1 N–H and O–H groups in total. The van der Waals surface area contributed by atoms with E-state index in [1.54, 1.807) is 0 Å². The number of rotatable bonds is 4. The Kier molecular flexibility index (Phi) is 3.84. The summed E-state index contributed by atoms with van der Waals surface area (Å²) in [6, 6.07) is 7.55. The van der Waals surface area contributed by atoms with Crippen molar-refractivity contribution < 1.29 is 9.90 Å². The molecular weight excluding hydrogens is 272 g/mol. The second-order valence-electron chi connectivity index (χ2n) is 3.76. The molecule has 1 aromatic carbocycles. The van der Waals surface area contributed by atoms with Gasteiger partial charge in [-0.1, -0.05) is 41.1 Å². The van der Waals surface area contributed by atoms with Gasteiger partial charge in [-0.05, 0) is 11.6 Å². The number of benzene rings is 1. The van der Waals surface area contributed by atoms with Crippen molar-refractivity contribution in [2.75, 3.05) is 11.9 Å². The Balaban J connectivity index is 2.14. The highest BCUT2D eigenvalue weighted by Crippen LogP contribution is 2.24. The summed E-state index contributed by atoms with van der Waals surface area (Å²) in [5, 5.41) is 10.2. The van der Waals surface area contributed by atoms with Crippen LogP contribution in [-0.4, -0.2) is 23.1 Å². The number of hydrogen-bond acceptors (Lipinski definition) is 4. The molecule has 0 unspecified atom stereocenters. The van der Waals surface area contributed by atoms with E-state index in [1.807, 2.05) is 36.2 Å². The lowest BCUT2D eigenvalue weighted by atomic mass is 10.2. The number of carboxylic acids is 1. The molecule has 0 aliphatic heterocycles. The third-order valence-corrected chi connectivity index (χ3v) is 3.86. The maximum atomic E-state index is 10.8. The van der Waals surface area contributed by atoms with Gasteiger partial charge in [-0.25, -0.2) is 9.78 Å². The monoisotopic (exact) mass is 282 g/mol. The zero-order chi connectivity index (χ0) is 13.1. The van der Waals surface area contributed by atoms with E-state index in [0.717, 1.165) is 16.9 Å². The second kappa shape index (κ2) is 5.37. The van der Waals surface area contributed by atoms with Crippen molar-refractivity contribution in [1.82, 2.24) is 4.98 Å². The first-order chi connectivity index (χ1) is 8.58. The Morgan fingerprint density at radius 1 is 1.50 bits per heavy atom. The summed E-state index contributed by atoms with van der Waals surface area (Å²) in [6.07, 6.45) is 1.37. The number of halogens is 1. The van der Waals surface area contributed by atoms with Crippen molar-refractivity contribution in [2.24, 2.45) is 0 Å². The van der Waals surface area contributed by atoms with Gasteiger partial charge in [0.1, 0.15) is 4.88 Å². The molecule has 0 atom stereocenters. The van der Waals surface area contributed by atoms with Crippen LogP contribution in [0.15, 0.2) is 30.5 Å². The van der Waals surface area contributed by atoms with Crippen molar-refractivity contribution in [2.45, 2.75) is 6.54 Å². The van der Waals surface area contributed by atoms with Gasteiger partial charge < -0.3 is 10.0 Å². The van der Waals surface area contributed by atoms with E-state index in [2.05, 4.69) is 4.98 Å². The lowest BCUT2D eigenvalue weighted by Crippen LogP contribution is -2.16. The minimum Gasteiger partial charge on any atom is -0.477 e. The van der Waals surface area contributed by atoms with E-state index in [1.165, 1.54) is 6.20 Å². The standard InChI is InChI=1S/C12H11ClN2O2S/c1-15(7-8-4-2-3-5-9(8)13)12-14-6-10(18-12)11(16)17/h2-6H,7H2,1H3,(H,16,17). The minimum atomic E-state index is -0.954. The normalized spacial score (nSPS) is 10.3. The molecule has 0 radical (unpaired) electrons. The molecule has 4 nitrogen and oxygen atoms in total. The first kappa shape index (κ1) is 12.9. The second-order valence-corrected chi connectivity index (χ2v) is 5.18. The number of carbonyl (C=O) groups is 1. The predicted molar refractivity (Wildman–Crippen MR) is 72.6 cm³/mol. The van der Waals surface area contributed by atoms with Gasteiger partial charge in [0.05, 0.1) is 6.20 Å². The van der Waals surface area contributed by atoms with Gasteiger partial charge >= 0.3 is 5.97 Å². The third kappa shape index (κ3) is 2.80. The number of thiazole rings is 1. The van der Waals surface area contributed by atoms with E-state index in [9.17, 15) is 4.79 Å². The molecule has 1 heterocycles. The van der Waals surface area contributed by atoms with Crippen molar-refractivity contribution in [3.8, 4) is 0 Å². The quantitative estimate of drug-likeness (QED) is 0.936. The van der Waals surface area contributed by atoms with E-state index in [0.29, 0.717) is 16.7 Å². The van der Waals surface area contributed by atoms with Gasteiger partial charge in [0.2, 0.25) is 0 Å². The van der Waals surface area contributed by atoms with E-state index >= 15 is 0 Å². The van der Waals surface area contributed by atoms with Crippen molar-refractivity contribution in [3.63, 3.8) is 0 Å². The molecule has 0 bridgehead atoms. The van der Waals surface area contributed by atoms with Crippen LogP contribution >= 0.6 is 22.9 Å². The van der Waals surface area contributed by atoms with Crippen LogP contribution in [0.3, 0.4) is 0 Å². The Labute approximate surface area is 113 Å². The fraction of sp³-hybridized carbons (Fsp3) is 0.167. The van der Waals surface area contributed by atoms with Crippen LogP contribution in [0, 0.1) is 0 Å². The number of anilines is 1. The minimum absolute atomic E-state index is 0.232. The molecule has 94 valence electrons. The maximum absolute atomic E-state index is 10.8. The van der Waals surface area contributed by atoms with Crippen LogP contribution in [0.25, 0.3) is 0 Å². The molecule has 0 aliphatic carbocycles. The van der Waals surface area contributed by atoms with Gasteiger partial charge in [-0.2, -0.15) is 0 Å². The highest BCUT2D eigenvalue weighted by Gasteiger charge is 2.12. The molecule has 0 saturated heterocycles. The fourth-order valence-corrected chi connectivity index (χ4v) is 2.40. The number of nitrogens with zero attached hydrogens (tertiary/aromatic N) is 2. The van der Waals surface area contributed by atoms with Gasteiger partial charge in [-0.15, -0.1) is 0 Å². The van der Waals surface area contributed by atoms with Crippen LogP contribution in [0.1, 0.15) is 15.2 Å². The topological polar surface area (TPSA) is 53.4 Å². The van der Waals surface area contributed by atoms with Crippen molar-refractivity contribution >= 4 is 34.0 Å². The first-order valence-corrected chi connectivity index (χ1v) is 6.41. The Hall–Kier alpha value is -1.59. The van der Waals surface area contributed by atoms with Crippen LogP contribution in [0.2, 0.25) is 5.02 Å². The summed E-state index contributed by atoms with van der Waals surface area (Å²) in [7, 11) is 1.85. The van der Waals surface area contributed by atoms with Crippen LogP contribution in [-0.2, 0) is 6.54 Å². The number of aromatic nitrogens is 1. The molecule has 2 rings (SSSR count). The lowest BCUT2D eigenvalue weighted by Gasteiger charge is -2.16. The van der Waals surface area contributed by atoms with E-state index in [4.69, 9.17) is 16.7 Å². The average molecular weight is 283 g/mol. The number of aromatic carboxylic acids is 1. The summed E-state index contributed by atoms with van der Waals surface area (Å²) >= 11 is 7.22. The Morgan fingerprint density at radius 3 is 2.83 bits per heavy atom. The van der Waals surface area contributed by atoms with Gasteiger partial charge in [0.15, 0.2) is 5.13 Å². The highest BCUT2D eigenvalue weighted by atomic mass is 35.5. The number of carboxylic acid groups (broad SMARTS) is 1. The Bertz CT molecular complexity index is 571. The SMILES string of the molecule is CN(Cc1ccccc1Cl)c1ncc(C(=O)O)s1. The van der Waals surface area contributed by atoms with Crippen molar-refractivity contribution in [1.29, 1.82) is 0 Å². The lowest BCUT2D eigenvalue weighted by molar-refractivity contribution is 0.0702. The first-order valence-electron chi connectivity index (χ1n) is 5.21. The summed E-state index contributed by atoms with van der Waals surface area (Å²) in [5.41, 5.74) is 0.980. The van der Waals surface area contributed by atoms with Crippen LogP contribution in [0.5, 0.6) is 0 Å². The summed E-state index contributed by atoms with van der Waals surface area (Å²) < 4.78 is 0. The molecule has 0 saturated carbocycles. The molecule has 1 aromatic heterocycles. The molecule has 0 aliphatic rings. The number of hydrogen-bond donors (Lipinski definition) is 1. The Morgan fingerprint density at radius 2 is 2.22 bits per heavy atom. The maximum Gasteiger partial charge on any atom is 0.347 e. The van der Waals surface area contributed by atoms with E-state index in [-0.39, 0.29) is 4.88 Å². The third-order valence-electron chi connectivity index (χ3n) is 2.40. The van der Waals surface area contributed by atoms with Gasteiger partial charge in [0.25, 0.3) is 0 Å². The van der Waals surface area contributed by atoms with Crippen LogP contribution < -0.4 is 4.90 Å². The summed E-state index contributed by atoms with van der Waals surface area (Å²) in [4.78, 5) is 17.0. The van der Waals surface area contributed by atoms with Crippen LogP contribution in [0.4, 0.5) is 5.13 Å². The highest BCUT2D eigenvalue weighted by molar-refractivity contribution is 7.17. The summed E-state index contributed by atoms with van der Waals surface area (Å²) in [6.45, 7) is 0.590. The molecule has 2 aromatic rings. The van der Waals surface area contributed by atoms with E-state index < -0.39 is 5.97 Å². The summed E-state index contributed by atoms with van der Waals surface area (Å²) in [5.74, 6) is -0.954. The van der Waals surface area contributed by atoms with Gasteiger partial charge in [-0.3, -0.25) is 0 Å². The average Bonchev–Trinajstić information content (AvgIpc) is 2.81. The smallest absolute Gasteiger partial charge is 0.347 e. The van der Waals surface area contributed by atoms with Crippen molar-refractivity contribution in [3.05, 3.63) is 45.9 Å². The molecule has 0 fully saturated rings. The molecule has 18 heavy (non-hydrogen) atoms. The molecule has 6 heteroatoms. The zero-order valence-corrected chi connectivity index (χ0v) is 11.2. The predicted octanol–water partition coefficient (Wildman–Crippen LogP) is 3.13. The fourth-order valence-electron chi connectivity index (χ4n) is 1.49.